The number of halogens is 5. The molecule has 8 nitrogen and oxygen atoms in total. The zero-order chi connectivity index (χ0) is 36.8. The lowest BCUT2D eigenvalue weighted by molar-refractivity contribution is -0.137. The highest BCUT2D eigenvalue weighted by molar-refractivity contribution is 7.90. The van der Waals surface area contributed by atoms with Crippen LogP contribution in [0.4, 0.5) is 13.2 Å². The van der Waals surface area contributed by atoms with Gasteiger partial charge in [-0.05, 0) is 53.3 Å². The standard InChI is InChI=1S/C35H29F3N4O4S2.CH2Cl2/c1-2-3-16-32-39-42(28-13-7-6-12-27(28)35(36,37)38)34(44)41(32)22-23-17-19-24(20-18-23)26-11-5-9-15-31(26)48(45,46)40-33(43)30-21-25-10-4-8-14-29(25)47-30;2-1-3/h4-15,17-21H,2-3,16,22H2,1H3,(H,40,43);1H2. The maximum atomic E-state index is 13.8. The average molecular weight is 776 g/mol. The molecule has 0 unspecified atom stereocenters. The molecule has 0 saturated carbocycles. The topological polar surface area (TPSA) is 103 Å². The Hall–Kier alpha value is -4.43. The van der Waals surface area contributed by atoms with Gasteiger partial charge in [-0.25, -0.2) is 17.9 Å². The van der Waals surface area contributed by atoms with Gasteiger partial charge in [-0.2, -0.15) is 17.9 Å². The summed E-state index contributed by atoms with van der Waals surface area (Å²) in [5.41, 5.74) is -0.454. The van der Waals surface area contributed by atoms with Crippen molar-refractivity contribution in [2.24, 2.45) is 0 Å². The van der Waals surface area contributed by atoms with Gasteiger partial charge in [-0.3, -0.25) is 9.36 Å². The summed E-state index contributed by atoms with van der Waals surface area (Å²) in [6.07, 6.45) is -2.81. The molecular formula is C36H31Cl2F3N4O4S2. The van der Waals surface area contributed by atoms with Crippen molar-refractivity contribution in [2.45, 2.75) is 43.8 Å². The van der Waals surface area contributed by atoms with Crippen molar-refractivity contribution in [2.75, 3.05) is 5.34 Å². The maximum absolute atomic E-state index is 13.8. The monoisotopic (exact) mass is 774 g/mol. The summed E-state index contributed by atoms with van der Waals surface area (Å²) in [6.45, 7) is 2.00. The molecular weight excluding hydrogens is 744 g/mol. The quantitative estimate of drug-likeness (QED) is 0.140. The number of carbonyl (C=O) groups is 1. The molecule has 2 heterocycles. The summed E-state index contributed by atoms with van der Waals surface area (Å²) < 4.78 is 73.4. The molecule has 0 aliphatic heterocycles. The van der Waals surface area contributed by atoms with E-state index in [1.165, 1.54) is 40.2 Å². The van der Waals surface area contributed by atoms with Crippen LogP contribution in [-0.2, 0) is 29.2 Å². The highest BCUT2D eigenvalue weighted by Crippen LogP contribution is 2.33. The fraction of sp³-hybridized carbons (Fsp3) is 0.194. The number of aryl methyl sites for hydroxylation is 1. The van der Waals surface area contributed by atoms with E-state index in [0.29, 0.717) is 35.4 Å². The Morgan fingerprint density at radius 1 is 0.922 bits per heavy atom. The molecule has 0 aliphatic carbocycles. The Morgan fingerprint density at radius 3 is 2.25 bits per heavy atom. The fourth-order valence-corrected chi connectivity index (χ4v) is 7.62. The summed E-state index contributed by atoms with van der Waals surface area (Å²) in [5.74, 6) is -0.377. The van der Waals surface area contributed by atoms with Gasteiger partial charge >= 0.3 is 11.9 Å². The molecule has 0 aliphatic rings. The first-order valence-electron chi connectivity index (χ1n) is 15.6. The van der Waals surface area contributed by atoms with Gasteiger partial charge in [0.05, 0.1) is 32.9 Å². The van der Waals surface area contributed by atoms with Crippen molar-refractivity contribution in [3.8, 4) is 16.8 Å². The third-order valence-electron chi connectivity index (χ3n) is 7.79. The number of amides is 1. The molecule has 0 saturated heterocycles. The number of sulfonamides is 1. The van der Waals surface area contributed by atoms with E-state index in [0.717, 1.165) is 27.3 Å². The van der Waals surface area contributed by atoms with Crippen molar-refractivity contribution in [1.29, 1.82) is 0 Å². The predicted octanol–water partition coefficient (Wildman–Crippen LogP) is 8.87. The van der Waals surface area contributed by atoms with Gasteiger partial charge < -0.3 is 0 Å². The van der Waals surface area contributed by atoms with Crippen molar-refractivity contribution < 1.29 is 26.4 Å². The third-order valence-corrected chi connectivity index (χ3v) is 10.3. The number of nitrogens with one attached hydrogen (secondary N) is 1. The second-order valence-electron chi connectivity index (χ2n) is 11.2. The van der Waals surface area contributed by atoms with E-state index in [1.807, 2.05) is 31.2 Å². The SMILES string of the molecule is CCCCc1nn(-c2ccccc2C(F)(F)F)c(=O)n1Cc1ccc(-c2ccccc2S(=O)(=O)NC(=O)c2cc3ccccc3s2)cc1.ClCCl. The number of fused-ring (bicyclic) bond motifs is 1. The molecule has 0 radical (unpaired) electrons. The summed E-state index contributed by atoms with van der Waals surface area (Å²) >= 11 is 10.7. The molecule has 51 heavy (non-hydrogen) atoms. The number of hydrogen-bond acceptors (Lipinski definition) is 6. The highest BCUT2D eigenvalue weighted by Gasteiger charge is 2.35. The van der Waals surface area contributed by atoms with Crippen LogP contribution >= 0.6 is 34.5 Å². The van der Waals surface area contributed by atoms with E-state index in [-0.39, 0.29) is 27.3 Å². The molecule has 2 aromatic heterocycles. The molecule has 1 N–H and O–H groups in total. The third kappa shape index (κ3) is 8.73. The van der Waals surface area contributed by atoms with Gasteiger partial charge in [-0.1, -0.05) is 86.1 Å². The van der Waals surface area contributed by atoms with Crippen molar-refractivity contribution in [1.82, 2.24) is 19.1 Å². The zero-order valence-electron chi connectivity index (χ0n) is 27.0. The van der Waals surface area contributed by atoms with Crippen LogP contribution in [0.2, 0.25) is 0 Å². The van der Waals surface area contributed by atoms with Crippen LogP contribution in [0.1, 0.15) is 46.4 Å². The Balaban J connectivity index is 0.00000162. The van der Waals surface area contributed by atoms with Crippen molar-refractivity contribution in [3.63, 3.8) is 0 Å². The summed E-state index contributed by atoms with van der Waals surface area (Å²) in [7, 11) is -4.27. The van der Waals surface area contributed by atoms with Crippen molar-refractivity contribution in [3.05, 3.63) is 135 Å². The number of hydrogen-bond donors (Lipinski definition) is 1. The number of rotatable bonds is 10. The molecule has 266 valence electrons. The van der Waals surface area contributed by atoms with E-state index in [4.69, 9.17) is 23.2 Å². The first-order valence-corrected chi connectivity index (χ1v) is 19.0. The van der Waals surface area contributed by atoms with E-state index in [1.54, 1.807) is 48.5 Å². The smallest absolute Gasteiger partial charge is 0.274 e. The van der Waals surface area contributed by atoms with Crippen LogP contribution in [0, 0.1) is 0 Å². The normalized spacial score (nSPS) is 11.6. The van der Waals surface area contributed by atoms with Gasteiger partial charge in [0.15, 0.2) is 0 Å². The number of alkyl halides is 5. The number of carbonyl (C=O) groups excluding carboxylic acids is 1. The van der Waals surface area contributed by atoms with Gasteiger partial charge in [0.25, 0.3) is 15.9 Å². The molecule has 4 aromatic carbocycles. The molecule has 0 spiro atoms. The minimum Gasteiger partial charge on any atom is -0.274 e. The molecule has 0 atom stereocenters. The number of thiophene rings is 1. The molecule has 6 rings (SSSR count). The Labute approximate surface area is 306 Å². The van der Waals surface area contributed by atoms with Crippen LogP contribution in [0.5, 0.6) is 0 Å². The number of para-hydroxylation sites is 1. The van der Waals surface area contributed by atoms with E-state index >= 15 is 0 Å². The van der Waals surface area contributed by atoms with Crippen molar-refractivity contribution >= 4 is 60.6 Å². The van der Waals surface area contributed by atoms with Gasteiger partial charge in [0.2, 0.25) is 0 Å². The molecule has 6 aromatic rings. The minimum absolute atomic E-state index is 0.0392. The lowest BCUT2D eigenvalue weighted by Gasteiger charge is -2.12. The average Bonchev–Trinajstić information content (AvgIpc) is 3.68. The van der Waals surface area contributed by atoms with Crippen LogP contribution < -0.4 is 10.4 Å². The first-order chi connectivity index (χ1) is 24.4. The van der Waals surface area contributed by atoms with Gasteiger partial charge in [-0.15, -0.1) is 39.6 Å². The second-order valence-corrected chi connectivity index (χ2v) is 14.7. The highest BCUT2D eigenvalue weighted by atomic mass is 35.5. The number of benzene rings is 4. The largest absolute Gasteiger partial charge is 0.418 e. The van der Waals surface area contributed by atoms with Gasteiger partial charge in [0, 0.05) is 16.7 Å². The van der Waals surface area contributed by atoms with E-state index in [2.05, 4.69) is 9.82 Å². The predicted molar refractivity (Wildman–Crippen MR) is 195 cm³/mol. The van der Waals surface area contributed by atoms with Crippen LogP contribution in [-0.4, -0.2) is 34.0 Å². The Morgan fingerprint density at radius 2 is 1.57 bits per heavy atom. The zero-order valence-corrected chi connectivity index (χ0v) is 30.2. The molecule has 1 amide bonds. The van der Waals surface area contributed by atoms with Crippen LogP contribution in [0.3, 0.4) is 0 Å². The number of nitrogens with zero attached hydrogens (tertiary/aromatic N) is 3. The van der Waals surface area contributed by atoms with Gasteiger partial charge in [0.1, 0.15) is 5.82 Å². The van der Waals surface area contributed by atoms with Crippen LogP contribution in [0.25, 0.3) is 26.9 Å². The molecule has 15 heteroatoms. The number of unbranched alkanes of at least 4 members (excludes halogenated alkanes) is 1. The van der Waals surface area contributed by atoms with E-state index in [9.17, 15) is 31.2 Å². The fourth-order valence-electron chi connectivity index (χ4n) is 5.40. The Bertz CT molecular complexity index is 2290. The number of aromatic nitrogens is 3. The lowest BCUT2D eigenvalue weighted by Crippen LogP contribution is -2.30. The minimum atomic E-state index is -4.68. The summed E-state index contributed by atoms with van der Waals surface area (Å²) in [6, 6.07) is 26.9. The summed E-state index contributed by atoms with van der Waals surface area (Å²) in [5, 5.41) is 5.35. The van der Waals surface area contributed by atoms with Crippen LogP contribution in [0.15, 0.2) is 113 Å². The second kappa shape index (κ2) is 16.3. The molecule has 0 fully saturated rings. The Kier molecular flexibility index (Phi) is 12.1. The summed E-state index contributed by atoms with van der Waals surface area (Å²) in [4.78, 5) is 26.7. The molecule has 0 bridgehead atoms. The maximum Gasteiger partial charge on any atom is 0.418 e. The van der Waals surface area contributed by atoms with E-state index < -0.39 is 33.4 Å². The first kappa shape index (κ1) is 37.8. The lowest BCUT2D eigenvalue weighted by atomic mass is 10.0.